The van der Waals surface area contributed by atoms with Crippen molar-refractivity contribution in [1.29, 1.82) is 0 Å². The van der Waals surface area contributed by atoms with Gasteiger partial charge < -0.3 is 14.6 Å². The number of hydrogen-bond donors (Lipinski definition) is 1. The molecule has 8 heteroatoms. The van der Waals surface area contributed by atoms with Gasteiger partial charge in [-0.15, -0.1) is 0 Å². The Morgan fingerprint density at radius 1 is 0.976 bits per heavy atom. The lowest BCUT2D eigenvalue weighted by Crippen LogP contribution is -2.42. The first-order valence-electron chi connectivity index (χ1n) is 14.3. The van der Waals surface area contributed by atoms with E-state index in [1.165, 1.54) is 11.1 Å². The van der Waals surface area contributed by atoms with Crippen molar-refractivity contribution in [3.8, 4) is 0 Å². The van der Waals surface area contributed by atoms with E-state index in [0.29, 0.717) is 32.5 Å². The number of ether oxygens (including phenoxy) is 1. The largest absolute Gasteiger partial charge is 0.448 e. The smallest absolute Gasteiger partial charge is 0.409 e. The highest BCUT2D eigenvalue weighted by atomic mass is 16.6. The van der Waals surface area contributed by atoms with E-state index in [9.17, 15) is 9.59 Å². The molecule has 1 N–H and O–H groups in total. The van der Waals surface area contributed by atoms with E-state index >= 15 is 0 Å². The van der Waals surface area contributed by atoms with Gasteiger partial charge in [0.15, 0.2) is 0 Å². The zero-order valence-corrected chi connectivity index (χ0v) is 23.3. The van der Waals surface area contributed by atoms with Crippen molar-refractivity contribution in [2.24, 2.45) is 0 Å². The molecule has 6 rings (SSSR count). The number of nitrogens with zero attached hydrogens (tertiary/aromatic N) is 4. The van der Waals surface area contributed by atoms with Crippen LogP contribution in [0.5, 0.6) is 0 Å². The Labute approximate surface area is 239 Å². The number of nitrogens with one attached hydrogen (secondary N) is 1. The lowest BCUT2D eigenvalue weighted by atomic mass is 10.0. The summed E-state index contributed by atoms with van der Waals surface area (Å²) in [5, 5.41) is 1.13. The van der Waals surface area contributed by atoms with Crippen molar-refractivity contribution < 1.29 is 9.53 Å². The number of rotatable bonds is 8. The van der Waals surface area contributed by atoms with Crippen LogP contribution in [0.15, 0.2) is 95.9 Å². The molecule has 5 aromatic rings. The number of benzene rings is 3. The van der Waals surface area contributed by atoms with Crippen LogP contribution >= 0.6 is 0 Å². The second-order valence-electron chi connectivity index (χ2n) is 10.8. The Morgan fingerprint density at radius 3 is 2.54 bits per heavy atom. The lowest BCUT2D eigenvalue weighted by molar-refractivity contribution is 0.0568. The fourth-order valence-corrected chi connectivity index (χ4v) is 5.83. The minimum atomic E-state index is -0.296. The number of amides is 1. The van der Waals surface area contributed by atoms with Gasteiger partial charge in [0.25, 0.3) is 0 Å². The van der Waals surface area contributed by atoms with Crippen LogP contribution in [-0.2, 0) is 17.8 Å². The Bertz CT molecular complexity index is 1680. The number of hydrogen-bond acceptors (Lipinski definition) is 5. The number of imidazole rings is 1. The first kappa shape index (κ1) is 26.8. The van der Waals surface area contributed by atoms with Crippen LogP contribution in [-0.4, -0.2) is 56.2 Å². The van der Waals surface area contributed by atoms with Gasteiger partial charge in [0.05, 0.1) is 16.6 Å². The van der Waals surface area contributed by atoms with E-state index in [0.717, 1.165) is 28.5 Å². The predicted octanol–water partition coefficient (Wildman–Crippen LogP) is 5.74. The van der Waals surface area contributed by atoms with Crippen LogP contribution in [0, 0.1) is 0 Å². The number of para-hydroxylation sites is 3. The van der Waals surface area contributed by atoms with E-state index in [4.69, 9.17) is 4.74 Å². The molecule has 1 aliphatic rings. The van der Waals surface area contributed by atoms with E-state index in [1.54, 1.807) is 4.90 Å². The molecular weight excluding hydrogens is 514 g/mol. The maximum Gasteiger partial charge on any atom is 0.409 e. The summed E-state index contributed by atoms with van der Waals surface area (Å²) in [5.74, 6) is 0. The molecule has 3 heterocycles. The standard InChI is InChI=1S/C33H35N5O3/c1-24(37(21-25-9-3-2-4-10-25)22-26-15-18-34-29-12-6-5-11-28(26)29)23-41-33(40)36-19-16-27(17-20-36)38-31-14-8-7-13-30(31)35-32(38)39/h2-15,18,24,27H,16-17,19-23H2,1H3,(H,35,39)/t24-/m0/s1. The fourth-order valence-electron chi connectivity index (χ4n) is 5.83. The highest BCUT2D eigenvalue weighted by Gasteiger charge is 2.27. The Balaban J connectivity index is 1.10. The SMILES string of the molecule is C[C@@H](COC(=O)N1CCC(n2c(=O)[nH]c3ccccc32)CC1)N(Cc1ccccc1)Cc1ccnc2ccccc12. The molecule has 8 nitrogen and oxygen atoms in total. The van der Waals surface area contributed by atoms with Crippen LogP contribution < -0.4 is 5.69 Å². The summed E-state index contributed by atoms with van der Waals surface area (Å²) >= 11 is 0. The molecule has 41 heavy (non-hydrogen) atoms. The lowest BCUT2D eigenvalue weighted by Gasteiger charge is -2.33. The van der Waals surface area contributed by atoms with Crippen LogP contribution in [0.2, 0.25) is 0 Å². The molecule has 0 unspecified atom stereocenters. The zero-order valence-electron chi connectivity index (χ0n) is 23.3. The van der Waals surface area contributed by atoms with Crippen molar-refractivity contribution in [2.45, 2.75) is 44.9 Å². The quantitative estimate of drug-likeness (QED) is 0.267. The minimum Gasteiger partial charge on any atom is -0.448 e. The minimum absolute atomic E-state index is 0.00609. The van der Waals surface area contributed by atoms with Crippen molar-refractivity contribution in [3.05, 3.63) is 113 Å². The molecule has 0 saturated carbocycles. The summed E-state index contributed by atoms with van der Waals surface area (Å²) in [7, 11) is 0. The Morgan fingerprint density at radius 2 is 1.71 bits per heavy atom. The molecule has 0 radical (unpaired) electrons. The Hall–Kier alpha value is -4.43. The number of fused-ring (bicyclic) bond motifs is 2. The van der Waals surface area contributed by atoms with Gasteiger partial charge in [-0.3, -0.25) is 14.5 Å². The summed E-state index contributed by atoms with van der Waals surface area (Å²) in [6.07, 6.45) is 2.98. The highest BCUT2D eigenvalue weighted by Crippen LogP contribution is 2.26. The maximum atomic E-state index is 13.1. The number of likely N-dealkylation sites (tertiary alicyclic amines) is 1. The molecule has 3 aromatic carbocycles. The third kappa shape index (κ3) is 5.88. The molecule has 1 saturated heterocycles. The average molecular weight is 550 g/mol. The first-order chi connectivity index (χ1) is 20.1. The first-order valence-corrected chi connectivity index (χ1v) is 14.3. The molecule has 0 aliphatic carbocycles. The number of carbonyl (C=O) groups is 1. The molecule has 2 aromatic heterocycles. The Kier molecular flexibility index (Phi) is 7.82. The molecule has 1 aliphatic heterocycles. The van der Waals surface area contributed by atoms with E-state index in [-0.39, 0.29) is 30.5 Å². The second-order valence-corrected chi connectivity index (χ2v) is 10.8. The summed E-state index contributed by atoms with van der Waals surface area (Å²) in [4.78, 5) is 37.3. The molecule has 210 valence electrons. The van der Waals surface area contributed by atoms with Gasteiger partial charge in [0.2, 0.25) is 0 Å². The topological polar surface area (TPSA) is 83.5 Å². The molecule has 1 amide bonds. The van der Waals surface area contributed by atoms with Gasteiger partial charge in [0.1, 0.15) is 6.61 Å². The number of piperidine rings is 1. The molecule has 0 spiro atoms. The van der Waals surface area contributed by atoms with Crippen LogP contribution in [0.25, 0.3) is 21.9 Å². The number of aromatic nitrogens is 3. The number of carbonyl (C=O) groups excluding carboxylic acids is 1. The van der Waals surface area contributed by atoms with Gasteiger partial charge in [0, 0.05) is 49.8 Å². The van der Waals surface area contributed by atoms with Gasteiger partial charge in [-0.05, 0) is 55.2 Å². The van der Waals surface area contributed by atoms with Crippen molar-refractivity contribution >= 4 is 28.0 Å². The van der Waals surface area contributed by atoms with Crippen molar-refractivity contribution in [1.82, 2.24) is 24.3 Å². The number of aromatic amines is 1. The maximum absolute atomic E-state index is 13.1. The number of H-pyrrole nitrogens is 1. The van der Waals surface area contributed by atoms with E-state index in [2.05, 4.69) is 46.1 Å². The zero-order chi connectivity index (χ0) is 28.2. The number of pyridine rings is 1. The van der Waals surface area contributed by atoms with Crippen LogP contribution in [0.4, 0.5) is 4.79 Å². The molecule has 1 fully saturated rings. The van der Waals surface area contributed by atoms with Crippen molar-refractivity contribution in [3.63, 3.8) is 0 Å². The van der Waals surface area contributed by atoms with E-state index < -0.39 is 0 Å². The molecular formula is C33H35N5O3. The third-order valence-corrected chi connectivity index (χ3v) is 8.12. The average Bonchev–Trinajstić information content (AvgIpc) is 3.35. The van der Waals surface area contributed by atoms with Gasteiger partial charge in [-0.2, -0.15) is 0 Å². The predicted molar refractivity (Wildman–Crippen MR) is 161 cm³/mol. The van der Waals surface area contributed by atoms with Gasteiger partial charge in [-0.25, -0.2) is 9.59 Å². The third-order valence-electron chi connectivity index (χ3n) is 8.12. The van der Waals surface area contributed by atoms with E-state index in [1.807, 2.05) is 71.4 Å². The monoisotopic (exact) mass is 549 g/mol. The summed E-state index contributed by atoms with van der Waals surface area (Å²) in [5.41, 5.74) is 5.03. The second kappa shape index (κ2) is 12.0. The summed E-state index contributed by atoms with van der Waals surface area (Å²) < 4.78 is 7.70. The summed E-state index contributed by atoms with van der Waals surface area (Å²) in [6, 6.07) is 28.4. The molecule has 1 atom stereocenters. The normalized spacial score (nSPS) is 15.0. The van der Waals surface area contributed by atoms with Gasteiger partial charge >= 0.3 is 11.8 Å². The highest BCUT2D eigenvalue weighted by molar-refractivity contribution is 5.81. The summed E-state index contributed by atoms with van der Waals surface area (Å²) in [6.45, 7) is 4.95. The van der Waals surface area contributed by atoms with Crippen LogP contribution in [0.3, 0.4) is 0 Å². The van der Waals surface area contributed by atoms with Crippen molar-refractivity contribution in [2.75, 3.05) is 19.7 Å². The fraction of sp³-hybridized carbons (Fsp3) is 0.303. The van der Waals surface area contributed by atoms with Gasteiger partial charge in [-0.1, -0.05) is 60.7 Å². The molecule has 0 bridgehead atoms. The van der Waals surface area contributed by atoms with Crippen LogP contribution in [0.1, 0.15) is 36.9 Å².